The van der Waals surface area contributed by atoms with Crippen molar-refractivity contribution in [2.75, 3.05) is 6.26 Å². The number of carboxylic acids is 1. The second-order valence-electron chi connectivity index (χ2n) is 4.54. The summed E-state index contributed by atoms with van der Waals surface area (Å²) in [5, 5.41) is 8.46. The molecule has 5 heteroatoms. The molecule has 0 saturated heterocycles. The summed E-state index contributed by atoms with van der Waals surface area (Å²) in [6, 6.07) is 0. The van der Waals surface area contributed by atoms with Crippen LogP contribution in [0, 0.1) is 11.3 Å². The number of hydrogen-bond acceptors (Lipinski definition) is 3. The fourth-order valence-electron chi connectivity index (χ4n) is 2.99. The van der Waals surface area contributed by atoms with E-state index >= 15 is 0 Å². The van der Waals surface area contributed by atoms with Crippen molar-refractivity contribution in [2.24, 2.45) is 11.3 Å². The number of carbonyl (C=O) groups is 1. The zero-order valence-electron chi connectivity index (χ0n) is 8.06. The molecule has 80 valence electrons. The average Bonchev–Trinajstić information content (AvgIpc) is 2.51. The van der Waals surface area contributed by atoms with E-state index in [2.05, 4.69) is 0 Å². The molecule has 0 heterocycles. The quantitative estimate of drug-likeness (QED) is 0.739. The summed E-state index contributed by atoms with van der Waals surface area (Å²) in [5.41, 5.74) is -0.403. The second kappa shape index (κ2) is 2.72. The third kappa shape index (κ3) is 1.26. The normalized spacial score (nSPS) is 41.5. The van der Waals surface area contributed by atoms with Crippen molar-refractivity contribution in [3.05, 3.63) is 0 Å². The largest absolute Gasteiger partial charge is 0.481 e. The lowest BCUT2D eigenvalue weighted by atomic mass is 10.0. The van der Waals surface area contributed by atoms with Crippen LogP contribution in [-0.2, 0) is 14.6 Å². The maximum Gasteiger partial charge on any atom is 0.307 e. The first-order valence-corrected chi connectivity index (χ1v) is 6.75. The van der Waals surface area contributed by atoms with E-state index in [4.69, 9.17) is 5.11 Å². The topological polar surface area (TPSA) is 71.4 Å². The summed E-state index contributed by atoms with van der Waals surface area (Å²) in [4.78, 5) is 10.8. The number of sulfone groups is 1. The van der Waals surface area contributed by atoms with E-state index in [1.165, 1.54) is 6.26 Å². The predicted octanol–water partition coefficient (Wildman–Crippen LogP) is 0.674. The third-order valence-corrected chi connectivity index (χ3v) is 5.42. The van der Waals surface area contributed by atoms with Crippen molar-refractivity contribution in [1.29, 1.82) is 0 Å². The van der Waals surface area contributed by atoms with Crippen LogP contribution in [0.3, 0.4) is 0 Å². The highest BCUT2D eigenvalue weighted by Crippen LogP contribution is 2.64. The Kier molecular flexibility index (Phi) is 1.93. The van der Waals surface area contributed by atoms with E-state index in [9.17, 15) is 13.2 Å². The Balaban J connectivity index is 2.26. The van der Waals surface area contributed by atoms with Gasteiger partial charge in [0.2, 0.25) is 0 Å². The predicted molar refractivity (Wildman–Crippen MR) is 50.7 cm³/mol. The summed E-state index contributed by atoms with van der Waals surface area (Å²) in [6.07, 6.45) is 4.04. The standard InChI is InChI=1S/C9H14O4S/c1-14(12,13)7-3-2-4-9(7)5-6(9)8(10)11/h6-7H,2-5H2,1H3,(H,10,11). The molecule has 2 aliphatic rings. The molecular formula is C9H14O4S. The summed E-state index contributed by atoms with van der Waals surface area (Å²) in [7, 11) is -3.08. The summed E-state index contributed by atoms with van der Waals surface area (Å²) in [6.45, 7) is 0. The first-order valence-electron chi connectivity index (χ1n) is 4.79. The molecule has 2 saturated carbocycles. The number of rotatable bonds is 2. The Morgan fingerprint density at radius 1 is 1.50 bits per heavy atom. The Morgan fingerprint density at radius 2 is 2.14 bits per heavy atom. The van der Waals surface area contributed by atoms with Gasteiger partial charge in [-0.3, -0.25) is 4.79 Å². The van der Waals surface area contributed by atoms with Gasteiger partial charge in [0.05, 0.1) is 11.2 Å². The van der Waals surface area contributed by atoms with Crippen molar-refractivity contribution in [3.63, 3.8) is 0 Å². The minimum absolute atomic E-state index is 0.403. The van der Waals surface area contributed by atoms with E-state index < -0.39 is 32.4 Å². The molecule has 1 spiro atoms. The fourth-order valence-corrected chi connectivity index (χ4v) is 4.82. The van der Waals surface area contributed by atoms with E-state index in [-0.39, 0.29) is 0 Å². The molecule has 14 heavy (non-hydrogen) atoms. The molecule has 2 aliphatic carbocycles. The highest BCUT2D eigenvalue weighted by Gasteiger charge is 2.66. The molecule has 2 rings (SSSR count). The Morgan fingerprint density at radius 3 is 2.57 bits per heavy atom. The van der Waals surface area contributed by atoms with Gasteiger partial charge in [0.1, 0.15) is 0 Å². The molecule has 0 aromatic rings. The van der Waals surface area contributed by atoms with Gasteiger partial charge in [0.15, 0.2) is 9.84 Å². The lowest BCUT2D eigenvalue weighted by Gasteiger charge is -2.16. The monoisotopic (exact) mass is 218 g/mol. The number of aliphatic carboxylic acids is 1. The Hall–Kier alpha value is -0.580. The second-order valence-corrected chi connectivity index (χ2v) is 6.77. The Labute approximate surface area is 83.2 Å². The van der Waals surface area contributed by atoms with Gasteiger partial charge in [-0.1, -0.05) is 6.42 Å². The molecule has 0 bridgehead atoms. The number of carboxylic acid groups (broad SMARTS) is 1. The SMILES string of the molecule is CS(=O)(=O)C1CCCC12CC2C(=O)O. The molecule has 2 fully saturated rings. The van der Waals surface area contributed by atoms with Crippen LogP contribution in [0.1, 0.15) is 25.7 Å². The molecule has 3 unspecified atom stereocenters. The first-order chi connectivity index (χ1) is 6.38. The molecule has 0 aliphatic heterocycles. The van der Waals surface area contributed by atoms with Crippen LogP contribution in [0.15, 0.2) is 0 Å². The zero-order chi connectivity index (χ0) is 10.6. The van der Waals surface area contributed by atoms with Crippen LogP contribution >= 0.6 is 0 Å². The molecule has 0 amide bonds. The minimum Gasteiger partial charge on any atom is -0.481 e. The van der Waals surface area contributed by atoms with Gasteiger partial charge in [-0.15, -0.1) is 0 Å². The van der Waals surface area contributed by atoms with Gasteiger partial charge in [-0.2, -0.15) is 0 Å². The van der Waals surface area contributed by atoms with Gasteiger partial charge in [-0.25, -0.2) is 8.42 Å². The molecule has 1 N–H and O–H groups in total. The first kappa shape index (κ1) is 9.96. The molecule has 4 nitrogen and oxygen atoms in total. The molecule has 0 radical (unpaired) electrons. The van der Waals surface area contributed by atoms with E-state index in [1.54, 1.807) is 0 Å². The minimum atomic E-state index is -3.08. The highest BCUT2D eigenvalue weighted by atomic mass is 32.2. The van der Waals surface area contributed by atoms with Gasteiger partial charge in [-0.05, 0) is 19.3 Å². The maximum absolute atomic E-state index is 11.5. The van der Waals surface area contributed by atoms with E-state index in [0.717, 1.165) is 12.8 Å². The lowest BCUT2D eigenvalue weighted by Crippen LogP contribution is -2.28. The van der Waals surface area contributed by atoms with Crippen LogP contribution in [0.5, 0.6) is 0 Å². The van der Waals surface area contributed by atoms with Crippen molar-refractivity contribution in [3.8, 4) is 0 Å². The number of hydrogen-bond donors (Lipinski definition) is 1. The zero-order valence-corrected chi connectivity index (χ0v) is 8.88. The Bertz CT molecular complexity index is 372. The van der Waals surface area contributed by atoms with Crippen LogP contribution in [0.4, 0.5) is 0 Å². The van der Waals surface area contributed by atoms with Crippen LogP contribution < -0.4 is 0 Å². The van der Waals surface area contributed by atoms with Crippen molar-refractivity contribution in [2.45, 2.75) is 30.9 Å². The van der Waals surface area contributed by atoms with Crippen molar-refractivity contribution < 1.29 is 18.3 Å². The molecular weight excluding hydrogens is 204 g/mol. The molecule has 0 aromatic heterocycles. The lowest BCUT2D eigenvalue weighted by molar-refractivity contribution is -0.139. The smallest absolute Gasteiger partial charge is 0.307 e. The highest BCUT2D eigenvalue weighted by molar-refractivity contribution is 7.91. The van der Waals surface area contributed by atoms with Crippen molar-refractivity contribution >= 4 is 15.8 Å². The summed E-state index contributed by atoms with van der Waals surface area (Å²) >= 11 is 0. The van der Waals surface area contributed by atoms with Gasteiger partial charge >= 0.3 is 5.97 Å². The maximum atomic E-state index is 11.5. The van der Waals surface area contributed by atoms with Crippen LogP contribution in [0.2, 0.25) is 0 Å². The van der Waals surface area contributed by atoms with Crippen molar-refractivity contribution in [1.82, 2.24) is 0 Å². The molecule has 3 atom stereocenters. The summed E-state index contributed by atoms with van der Waals surface area (Å²) < 4.78 is 22.9. The fraction of sp³-hybridized carbons (Fsp3) is 0.889. The van der Waals surface area contributed by atoms with Crippen LogP contribution in [-0.4, -0.2) is 31.0 Å². The average molecular weight is 218 g/mol. The third-order valence-electron chi connectivity index (χ3n) is 3.68. The van der Waals surface area contributed by atoms with Gasteiger partial charge in [0, 0.05) is 11.7 Å². The molecule has 0 aromatic carbocycles. The van der Waals surface area contributed by atoms with Gasteiger partial charge < -0.3 is 5.11 Å². The van der Waals surface area contributed by atoms with E-state index in [1.807, 2.05) is 0 Å². The summed E-state index contributed by atoms with van der Waals surface area (Å²) in [5.74, 6) is -1.25. The van der Waals surface area contributed by atoms with Gasteiger partial charge in [0.25, 0.3) is 0 Å². The van der Waals surface area contributed by atoms with E-state index in [0.29, 0.717) is 12.8 Å². The van der Waals surface area contributed by atoms with Crippen LogP contribution in [0.25, 0.3) is 0 Å².